The van der Waals surface area contributed by atoms with Crippen LogP contribution in [0.5, 0.6) is 0 Å². The van der Waals surface area contributed by atoms with E-state index in [1.54, 1.807) is 11.3 Å². The van der Waals surface area contributed by atoms with E-state index in [1.165, 1.54) is 11.1 Å². The molecule has 0 aliphatic heterocycles. The maximum absolute atomic E-state index is 11.0. The molecule has 1 atom stereocenters. The van der Waals surface area contributed by atoms with Crippen molar-refractivity contribution in [1.29, 1.82) is 0 Å². The van der Waals surface area contributed by atoms with Crippen molar-refractivity contribution in [2.75, 3.05) is 18.6 Å². The standard InChI is InChI=1S/C10H18N2O2S2/c1-8(7-16(3,13)14)11-5-4-10-6-12-9(2)15-10/h6,8,11H,4-5,7H2,1-3H3. The van der Waals surface area contributed by atoms with E-state index in [-0.39, 0.29) is 11.8 Å². The van der Waals surface area contributed by atoms with Crippen molar-refractivity contribution in [2.24, 2.45) is 0 Å². The molecule has 1 aromatic rings. The van der Waals surface area contributed by atoms with Gasteiger partial charge in [-0.1, -0.05) is 0 Å². The van der Waals surface area contributed by atoms with Gasteiger partial charge in [0.1, 0.15) is 9.84 Å². The minimum absolute atomic E-state index is 0.00372. The van der Waals surface area contributed by atoms with Crippen molar-refractivity contribution >= 4 is 21.2 Å². The first-order valence-corrected chi connectivity index (χ1v) is 8.07. The molecule has 6 heteroatoms. The van der Waals surface area contributed by atoms with Crippen LogP contribution in [0.3, 0.4) is 0 Å². The first kappa shape index (κ1) is 13.6. The topological polar surface area (TPSA) is 59.1 Å². The third-order valence-corrected chi connectivity index (χ3v) is 4.16. The van der Waals surface area contributed by atoms with Gasteiger partial charge in [0.2, 0.25) is 0 Å². The van der Waals surface area contributed by atoms with Gasteiger partial charge in [-0.05, 0) is 20.3 Å². The number of nitrogens with one attached hydrogen (secondary N) is 1. The summed E-state index contributed by atoms with van der Waals surface area (Å²) in [6.45, 7) is 4.66. The summed E-state index contributed by atoms with van der Waals surface area (Å²) >= 11 is 1.68. The molecule has 0 saturated carbocycles. The largest absolute Gasteiger partial charge is 0.313 e. The molecule has 0 aliphatic rings. The molecule has 4 nitrogen and oxygen atoms in total. The summed E-state index contributed by atoms with van der Waals surface area (Å²) in [5.41, 5.74) is 0. The third-order valence-electron chi connectivity index (χ3n) is 2.09. The summed E-state index contributed by atoms with van der Waals surface area (Å²) in [5, 5.41) is 4.27. The van der Waals surface area contributed by atoms with Crippen LogP contribution in [0.4, 0.5) is 0 Å². The van der Waals surface area contributed by atoms with E-state index < -0.39 is 9.84 Å². The molecule has 1 N–H and O–H groups in total. The van der Waals surface area contributed by atoms with Crippen molar-refractivity contribution in [2.45, 2.75) is 26.3 Å². The summed E-state index contributed by atoms with van der Waals surface area (Å²) in [6, 6.07) is 0.00372. The number of sulfone groups is 1. The van der Waals surface area contributed by atoms with Crippen molar-refractivity contribution in [3.05, 3.63) is 16.1 Å². The lowest BCUT2D eigenvalue weighted by atomic mass is 10.3. The van der Waals surface area contributed by atoms with Crippen LogP contribution in [0, 0.1) is 6.92 Å². The van der Waals surface area contributed by atoms with E-state index >= 15 is 0 Å². The highest BCUT2D eigenvalue weighted by molar-refractivity contribution is 7.90. The summed E-state index contributed by atoms with van der Waals surface area (Å²) in [7, 11) is -2.89. The van der Waals surface area contributed by atoms with Crippen LogP contribution in [0.15, 0.2) is 6.20 Å². The Morgan fingerprint density at radius 1 is 1.56 bits per heavy atom. The molecule has 1 heterocycles. The van der Waals surface area contributed by atoms with Gasteiger partial charge in [0.25, 0.3) is 0 Å². The van der Waals surface area contributed by atoms with Gasteiger partial charge in [0.15, 0.2) is 0 Å². The first-order chi connectivity index (χ1) is 7.37. The zero-order valence-corrected chi connectivity index (χ0v) is 11.5. The second-order valence-corrected chi connectivity index (χ2v) is 7.55. The van der Waals surface area contributed by atoms with Crippen LogP contribution in [-0.2, 0) is 16.3 Å². The lowest BCUT2D eigenvalue weighted by molar-refractivity contribution is 0.562. The molecule has 1 rings (SSSR count). The molecule has 92 valence electrons. The zero-order chi connectivity index (χ0) is 12.2. The summed E-state index contributed by atoms with van der Waals surface area (Å²) in [5.74, 6) is 0.189. The average molecular weight is 262 g/mol. The second-order valence-electron chi connectivity index (χ2n) is 4.04. The number of rotatable bonds is 6. The van der Waals surface area contributed by atoms with Crippen molar-refractivity contribution in [3.8, 4) is 0 Å². The van der Waals surface area contributed by atoms with E-state index in [4.69, 9.17) is 0 Å². The zero-order valence-electron chi connectivity index (χ0n) is 9.86. The lowest BCUT2D eigenvalue weighted by Gasteiger charge is -2.11. The van der Waals surface area contributed by atoms with E-state index in [1.807, 2.05) is 20.0 Å². The molecule has 0 saturated heterocycles. The smallest absolute Gasteiger partial charge is 0.148 e. The van der Waals surface area contributed by atoms with Crippen molar-refractivity contribution in [3.63, 3.8) is 0 Å². The quantitative estimate of drug-likeness (QED) is 0.831. The van der Waals surface area contributed by atoms with Gasteiger partial charge in [-0.25, -0.2) is 13.4 Å². The van der Waals surface area contributed by atoms with E-state index in [9.17, 15) is 8.42 Å². The Morgan fingerprint density at radius 2 is 2.25 bits per heavy atom. The van der Waals surface area contributed by atoms with Crippen molar-refractivity contribution < 1.29 is 8.42 Å². The number of thiazole rings is 1. The predicted molar refractivity (Wildman–Crippen MR) is 67.7 cm³/mol. The maximum atomic E-state index is 11.0. The Hall–Kier alpha value is -0.460. The van der Waals surface area contributed by atoms with Crippen LogP contribution in [0.25, 0.3) is 0 Å². The second kappa shape index (κ2) is 5.75. The highest BCUT2D eigenvalue weighted by atomic mass is 32.2. The fourth-order valence-corrected chi connectivity index (χ4v) is 3.30. The Morgan fingerprint density at radius 3 is 2.75 bits per heavy atom. The van der Waals surface area contributed by atoms with Crippen LogP contribution < -0.4 is 5.32 Å². The third kappa shape index (κ3) is 5.58. The molecular weight excluding hydrogens is 244 g/mol. The number of hydrogen-bond donors (Lipinski definition) is 1. The molecule has 1 unspecified atom stereocenters. The molecule has 0 fully saturated rings. The van der Waals surface area contributed by atoms with Gasteiger partial charge in [-0.15, -0.1) is 11.3 Å². The van der Waals surface area contributed by atoms with Crippen LogP contribution in [0.1, 0.15) is 16.8 Å². The van der Waals surface area contributed by atoms with Gasteiger partial charge < -0.3 is 5.32 Å². The normalized spacial score (nSPS) is 13.9. The maximum Gasteiger partial charge on any atom is 0.148 e. The fourth-order valence-electron chi connectivity index (χ4n) is 1.48. The predicted octanol–water partition coefficient (Wildman–Crippen LogP) is 1.02. The minimum atomic E-state index is -2.89. The monoisotopic (exact) mass is 262 g/mol. The number of hydrogen-bond acceptors (Lipinski definition) is 5. The summed E-state index contributed by atoms with van der Waals surface area (Å²) < 4.78 is 22.1. The van der Waals surface area contributed by atoms with Gasteiger partial charge in [0.05, 0.1) is 10.8 Å². The van der Waals surface area contributed by atoms with Gasteiger partial charge in [-0.3, -0.25) is 0 Å². The average Bonchev–Trinajstić information content (AvgIpc) is 2.48. The molecule has 0 spiro atoms. The van der Waals surface area contributed by atoms with Gasteiger partial charge in [-0.2, -0.15) is 0 Å². The highest BCUT2D eigenvalue weighted by Gasteiger charge is 2.09. The highest BCUT2D eigenvalue weighted by Crippen LogP contribution is 2.11. The molecule has 0 aromatic carbocycles. The summed E-state index contributed by atoms with van der Waals surface area (Å²) in [6.07, 6.45) is 4.04. The number of nitrogens with zero attached hydrogens (tertiary/aromatic N) is 1. The minimum Gasteiger partial charge on any atom is -0.313 e. The van der Waals surface area contributed by atoms with Crippen LogP contribution >= 0.6 is 11.3 Å². The molecule has 0 bridgehead atoms. The molecule has 1 aromatic heterocycles. The Kier molecular flexibility index (Phi) is 4.89. The Labute approximate surface area is 101 Å². The number of aromatic nitrogens is 1. The Bertz CT molecular complexity index is 426. The van der Waals surface area contributed by atoms with Gasteiger partial charge in [0, 0.05) is 29.9 Å². The lowest BCUT2D eigenvalue weighted by Crippen LogP contribution is -2.33. The molecule has 0 radical (unpaired) electrons. The van der Waals surface area contributed by atoms with E-state index in [0.29, 0.717) is 0 Å². The van der Waals surface area contributed by atoms with E-state index in [0.717, 1.165) is 18.0 Å². The number of aryl methyl sites for hydroxylation is 1. The van der Waals surface area contributed by atoms with Crippen molar-refractivity contribution in [1.82, 2.24) is 10.3 Å². The van der Waals surface area contributed by atoms with Crippen LogP contribution in [0.2, 0.25) is 0 Å². The molecule has 0 amide bonds. The van der Waals surface area contributed by atoms with E-state index in [2.05, 4.69) is 10.3 Å². The molecule has 0 aliphatic carbocycles. The van der Waals surface area contributed by atoms with Gasteiger partial charge >= 0.3 is 0 Å². The van der Waals surface area contributed by atoms with Crippen LogP contribution in [-0.4, -0.2) is 38.0 Å². The molecule has 16 heavy (non-hydrogen) atoms. The Balaban J connectivity index is 2.25. The molecular formula is C10H18N2O2S2. The first-order valence-electron chi connectivity index (χ1n) is 5.19. The SMILES string of the molecule is Cc1ncc(CCNC(C)CS(C)(=O)=O)s1. The fraction of sp³-hybridized carbons (Fsp3) is 0.700. The summed E-state index contributed by atoms with van der Waals surface area (Å²) in [4.78, 5) is 5.40.